The Labute approximate surface area is 150 Å². The summed E-state index contributed by atoms with van der Waals surface area (Å²) in [6.07, 6.45) is 8.35. The van der Waals surface area contributed by atoms with Crippen LogP contribution in [0.5, 0.6) is 0 Å². The molecule has 25 heavy (non-hydrogen) atoms. The summed E-state index contributed by atoms with van der Waals surface area (Å²) >= 11 is 0. The number of carbonyl (C=O) groups excluding carboxylic acids is 2. The van der Waals surface area contributed by atoms with Crippen molar-refractivity contribution in [1.29, 1.82) is 0 Å². The van der Waals surface area contributed by atoms with Crippen molar-refractivity contribution in [1.82, 2.24) is 14.9 Å². The van der Waals surface area contributed by atoms with Crippen LogP contribution >= 0.6 is 0 Å². The Hall–Kier alpha value is -1.15. The van der Waals surface area contributed by atoms with Crippen molar-refractivity contribution >= 4 is 21.8 Å². The van der Waals surface area contributed by atoms with E-state index in [0.717, 1.165) is 51.4 Å². The zero-order chi connectivity index (χ0) is 17.9. The minimum absolute atomic E-state index is 0.128. The Morgan fingerprint density at radius 3 is 2.12 bits per heavy atom. The van der Waals surface area contributed by atoms with Crippen LogP contribution in [-0.2, 0) is 19.6 Å². The van der Waals surface area contributed by atoms with Crippen LogP contribution in [-0.4, -0.2) is 55.5 Å². The van der Waals surface area contributed by atoms with Gasteiger partial charge >= 0.3 is 11.8 Å². The fourth-order valence-electron chi connectivity index (χ4n) is 3.76. The summed E-state index contributed by atoms with van der Waals surface area (Å²) in [6.45, 7) is 1.48. The molecule has 2 aliphatic carbocycles. The number of hydrogen-bond donors (Lipinski definition) is 2. The molecule has 0 unspecified atom stereocenters. The minimum atomic E-state index is -3.09. The fraction of sp³-hybridized carbons (Fsp3) is 0.882. The molecule has 2 saturated carbocycles. The first kappa shape index (κ1) is 18.6. The molecule has 0 spiro atoms. The van der Waals surface area contributed by atoms with E-state index in [1.165, 1.54) is 6.42 Å². The molecule has 2 N–H and O–H groups in total. The highest BCUT2D eigenvalue weighted by Gasteiger charge is 2.41. The van der Waals surface area contributed by atoms with Gasteiger partial charge in [0, 0.05) is 25.7 Å². The third-order valence-corrected chi connectivity index (χ3v) is 7.98. The smallest absolute Gasteiger partial charge is 0.309 e. The molecule has 0 aromatic heterocycles. The number of hydrogen-bond acceptors (Lipinski definition) is 4. The molecule has 0 aromatic rings. The Balaban J connectivity index is 1.36. The maximum Gasteiger partial charge on any atom is 0.309 e. The van der Waals surface area contributed by atoms with Gasteiger partial charge in [0.2, 0.25) is 10.0 Å². The lowest BCUT2D eigenvalue weighted by atomic mass is 9.95. The normalized spacial score (nSPS) is 24.0. The van der Waals surface area contributed by atoms with E-state index >= 15 is 0 Å². The van der Waals surface area contributed by atoms with Gasteiger partial charge in [-0.25, -0.2) is 12.7 Å². The highest BCUT2D eigenvalue weighted by molar-refractivity contribution is 7.90. The lowest BCUT2D eigenvalue weighted by molar-refractivity contribution is -0.139. The van der Waals surface area contributed by atoms with Gasteiger partial charge in [0.05, 0.1) is 5.25 Å². The minimum Gasteiger partial charge on any atom is -0.348 e. The Kier molecular flexibility index (Phi) is 5.99. The zero-order valence-corrected chi connectivity index (χ0v) is 15.5. The SMILES string of the molecule is O=C(NCC1CCN(S(=O)(=O)C2CC2)CC1)C(=O)NC1CCCCC1. The van der Waals surface area contributed by atoms with Crippen molar-refractivity contribution < 1.29 is 18.0 Å². The van der Waals surface area contributed by atoms with Crippen molar-refractivity contribution in [3.8, 4) is 0 Å². The number of carbonyl (C=O) groups is 2. The Morgan fingerprint density at radius 1 is 0.880 bits per heavy atom. The molecule has 3 aliphatic rings. The molecule has 1 heterocycles. The topological polar surface area (TPSA) is 95.6 Å². The van der Waals surface area contributed by atoms with E-state index in [1.807, 2.05) is 0 Å². The molecule has 0 aromatic carbocycles. The van der Waals surface area contributed by atoms with Gasteiger partial charge in [0.15, 0.2) is 0 Å². The summed E-state index contributed by atoms with van der Waals surface area (Å²) in [5, 5.41) is 5.37. The maximum atomic E-state index is 12.2. The van der Waals surface area contributed by atoms with Crippen LogP contribution in [0.2, 0.25) is 0 Å². The lowest BCUT2D eigenvalue weighted by Crippen LogP contribution is -2.47. The van der Waals surface area contributed by atoms with Crippen molar-refractivity contribution in [3.63, 3.8) is 0 Å². The second-order valence-electron chi connectivity index (χ2n) is 7.61. The standard InChI is InChI=1S/C17H29N3O4S/c21-16(17(22)19-14-4-2-1-3-5-14)18-12-13-8-10-20(11-9-13)25(23,24)15-6-7-15/h13-15H,1-12H2,(H,18,21)(H,19,22). The molecule has 7 nitrogen and oxygen atoms in total. The Bertz CT molecular complexity index is 589. The van der Waals surface area contributed by atoms with E-state index in [0.29, 0.717) is 19.6 Å². The van der Waals surface area contributed by atoms with E-state index in [9.17, 15) is 18.0 Å². The second-order valence-corrected chi connectivity index (χ2v) is 9.82. The number of piperidine rings is 1. The molecule has 0 bridgehead atoms. The average Bonchev–Trinajstić information content (AvgIpc) is 3.46. The van der Waals surface area contributed by atoms with E-state index < -0.39 is 21.8 Å². The van der Waals surface area contributed by atoms with Crippen LogP contribution in [0.4, 0.5) is 0 Å². The molecule has 3 rings (SSSR count). The van der Waals surface area contributed by atoms with Crippen LogP contribution in [0.25, 0.3) is 0 Å². The number of nitrogens with zero attached hydrogens (tertiary/aromatic N) is 1. The van der Waals surface area contributed by atoms with Gasteiger partial charge in [-0.05, 0) is 44.4 Å². The fourth-order valence-corrected chi connectivity index (χ4v) is 5.63. The van der Waals surface area contributed by atoms with Crippen LogP contribution < -0.4 is 10.6 Å². The first-order valence-electron chi connectivity index (χ1n) is 9.54. The predicted octanol–water partition coefficient (Wildman–Crippen LogP) is 0.756. The van der Waals surface area contributed by atoms with Crippen LogP contribution in [0.15, 0.2) is 0 Å². The number of nitrogens with one attached hydrogen (secondary N) is 2. The summed E-state index contributed by atoms with van der Waals surface area (Å²) < 4.78 is 26.0. The monoisotopic (exact) mass is 371 g/mol. The highest BCUT2D eigenvalue weighted by atomic mass is 32.2. The predicted molar refractivity (Wildman–Crippen MR) is 94.3 cm³/mol. The molecular formula is C17H29N3O4S. The van der Waals surface area contributed by atoms with Gasteiger partial charge < -0.3 is 10.6 Å². The first-order valence-corrected chi connectivity index (χ1v) is 11.0. The molecule has 8 heteroatoms. The van der Waals surface area contributed by atoms with Gasteiger partial charge in [-0.3, -0.25) is 9.59 Å². The largest absolute Gasteiger partial charge is 0.348 e. The molecular weight excluding hydrogens is 342 g/mol. The van der Waals surface area contributed by atoms with E-state index in [-0.39, 0.29) is 17.2 Å². The van der Waals surface area contributed by atoms with Gasteiger partial charge in [-0.1, -0.05) is 19.3 Å². The third kappa shape index (κ3) is 4.94. The van der Waals surface area contributed by atoms with Crippen molar-refractivity contribution in [3.05, 3.63) is 0 Å². The summed E-state index contributed by atoms with van der Waals surface area (Å²) in [5.41, 5.74) is 0. The molecule has 142 valence electrons. The van der Waals surface area contributed by atoms with Crippen molar-refractivity contribution in [2.45, 2.75) is 69.1 Å². The summed E-state index contributed by atoms with van der Waals surface area (Å²) in [7, 11) is -3.09. The van der Waals surface area contributed by atoms with E-state index in [4.69, 9.17) is 0 Å². The van der Waals surface area contributed by atoms with Gasteiger partial charge in [-0.2, -0.15) is 0 Å². The molecule has 1 saturated heterocycles. The molecule has 2 amide bonds. The van der Waals surface area contributed by atoms with Crippen LogP contribution in [0, 0.1) is 5.92 Å². The zero-order valence-electron chi connectivity index (χ0n) is 14.7. The molecule has 0 radical (unpaired) electrons. The van der Waals surface area contributed by atoms with Gasteiger partial charge in [0.1, 0.15) is 0 Å². The molecule has 3 fully saturated rings. The van der Waals surface area contributed by atoms with Gasteiger partial charge in [-0.15, -0.1) is 0 Å². The number of amides is 2. The summed E-state index contributed by atoms with van der Waals surface area (Å²) in [5.74, 6) is -0.878. The van der Waals surface area contributed by atoms with Crippen LogP contribution in [0.3, 0.4) is 0 Å². The quantitative estimate of drug-likeness (QED) is 0.697. The van der Waals surface area contributed by atoms with Gasteiger partial charge in [0.25, 0.3) is 0 Å². The average molecular weight is 372 g/mol. The summed E-state index contributed by atoms with van der Waals surface area (Å²) in [6, 6.07) is 0.128. The Morgan fingerprint density at radius 2 is 1.52 bits per heavy atom. The summed E-state index contributed by atoms with van der Waals surface area (Å²) in [4.78, 5) is 23.9. The first-order chi connectivity index (χ1) is 12.0. The number of rotatable bonds is 5. The molecule has 1 aliphatic heterocycles. The van der Waals surface area contributed by atoms with E-state index in [2.05, 4.69) is 10.6 Å². The van der Waals surface area contributed by atoms with Crippen molar-refractivity contribution in [2.75, 3.05) is 19.6 Å². The third-order valence-electron chi connectivity index (χ3n) is 5.58. The van der Waals surface area contributed by atoms with E-state index in [1.54, 1.807) is 4.31 Å². The maximum absolute atomic E-state index is 12.2. The second kappa shape index (κ2) is 8.03. The lowest BCUT2D eigenvalue weighted by Gasteiger charge is -2.31. The van der Waals surface area contributed by atoms with Crippen molar-refractivity contribution in [2.24, 2.45) is 5.92 Å². The molecule has 0 atom stereocenters. The highest BCUT2D eigenvalue weighted by Crippen LogP contribution is 2.33. The number of sulfonamides is 1. The van der Waals surface area contributed by atoms with Crippen LogP contribution in [0.1, 0.15) is 57.8 Å².